The van der Waals surface area contributed by atoms with E-state index in [1.165, 1.54) is 11.3 Å². The molecule has 22 heavy (non-hydrogen) atoms. The Morgan fingerprint density at radius 3 is 2.77 bits per heavy atom. The highest BCUT2D eigenvalue weighted by Gasteiger charge is 2.31. The fraction of sp³-hybridized carbons (Fsp3) is 0.333. The average Bonchev–Trinajstić information content (AvgIpc) is 3.17. The highest BCUT2D eigenvalue weighted by molar-refractivity contribution is 7.18. The molecule has 0 radical (unpaired) electrons. The number of benzene rings is 1. The molecule has 0 spiro atoms. The van der Waals surface area contributed by atoms with Crippen LogP contribution in [0.15, 0.2) is 30.3 Å². The number of aromatic nitrogens is 4. The number of carbonyl (C=O) groups excluding carboxylic acids is 1. The molecule has 1 fully saturated rings. The van der Waals surface area contributed by atoms with Gasteiger partial charge in [0.15, 0.2) is 5.82 Å². The number of anilines is 1. The summed E-state index contributed by atoms with van der Waals surface area (Å²) >= 11 is 1.30. The maximum absolute atomic E-state index is 12.8. The lowest BCUT2D eigenvalue weighted by Crippen LogP contribution is -2.30. The summed E-state index contributed by atoms with van der Waals surface area (Å²) < 4.78 is 1.73. The van der Waals surface area contributed by atoms with Crippen molar-refractivity contribution in [3.05, 3.63) is 41.2 Å². The second-order valence-electron chi connectivity index (χ2n) is 5.32. The number of para-hydroxylation sites is 1. The summed E-state index contributed by atoms with van der Waals surface area (Å²) in [5, 5.41) is 13.2. The van der Waals surface area contributed by atoms with Gasteiger partial charge in [-0.15, -0.1) is 15.3 Å². The lowest BCUT2D eigenvalue weighted by Gasteiger charge is -2.19. The van der Waals surface area contributed by atoms with E-state index < -0.39 is 0 Å². The van der Waals surface area contributed by atoms with Crippen molar-refractivity contribution >= 4 is 27.9 Å². The molecule has 1 saturated carbocycles. The molecule has 2 aromatic heterocycles. The van der Waals surface area contributed by atoms with Gasteiger partial charge in [-0.2, -0.15) is 4.52 Å². The van der Waals surface area contributed by atoms with E-state index >= 15 is 0 Å². The Balaban J connectivity index is 1.69. The third kappa shape index (κ3) is 2.18. The Hall–Kier alpha value is -2.28. The Bertz CT molecular complexity index is 821. The third-order valence-electron chi connectivity index (χ3n) is 3.77. The molecule has 6 nitrogen and oxygen atoms in total. The average molecular weight is 313 g/mol. The monoisotopic (exact) mass is 313 g/mol. The van der Waals surface area contributed by atoms with Crippen molar-refractivity contribution in [1.29, 1.82) is 0 Å². The number of rotatable bonds is 4. The summed E-state index contributed by atoms with van der Waals surface area (Å²) in [6, 6.07) is 9.64. The van der Waals surface area contributed by atoms with Crippen molar-refractivity contribution in [1.82, 2.24) is 19.8 Å². The van der Waals surface area contributed by atoms with E-state index in [0.717, 1.165) is 24.4 Å². The topological polar surface area (TPSA) is 63.4 Å². The molecule has 0 bridgehead atoms. The first kappa shape index (κ1) is 13.4. The number of fused-ring (bicyclic) bond motifs is 1. The van der Waals surface area contributed by atoms with Crippen LogP contribution in [0.2, 0.25) is 0 Å². The summed E-state index contributed by atoms with van der Waals surface area (Å²) in [5.74, 6) is 1.25. The van der Waals surface area contributed by atoms with Crippen molar-refractivity contribution in [3.8, 4) is 0 Å². The Kier molecular flexibility index (Phi) is 3.15. The fourth-order valence-electron chi connectivity index (χ4n) is 2.48. The van der Waals surface area contributed by atoms with E-state index in [0.29, 0.717) is 22.4 Å². The van der Waals surface area contributed by atoms with Crippen LogP contribution >= 0.6 is 11.3 Å². The van der Waals surface area contributed by atoms with E-state index in [1.807, 2.05) is 37.3 Å². The molecule has 7 heteroatoms. The summed E-state index contributed by atoms with van der Waals surface area (Å²) in [7, 11) is 0. The van der Waals surface area contributed by atoms with Crippen LogP contribution in [0, 0.1) is 0 Å². The Labute approximate surface area is 131 Å². The molecular formula is C15H15N5OS. The zero-order valence-corrected chi connectivity index (χ0v) is 13.0. The van der Waals surface area contributed by atoms with E-state index in [4.69, 9.17) is 0 Å². The van der Waals surface area contributed by atoms with Gasteiger partial charge in [0, 0.05) is 18.2 Å². The molecule has 112 valence electrons. The molecule has 0 saturated heterocycles. The number of hydrogen-bond acceptors (Lipinski definition) is 5. The fourth-order valence-corrected chi connectivity index (χ4v) is 3.28. The number of nitrogens with zero attached hydrogens (tertiary/aromatic N) is 5. The van der Waals surface area contributed by atoms with E-state index in [2.05, 4.69) is 15.3 Å². The van der Waals surface area contributed by atoms with Crippen molar-refractivity contribution in [3.63, 3.8) is 0 Å². The molecule has 1 aromatic carbocycles. The molecule has 1 amide bonds. The van der Waals surface area contributed by atoms with Gasteiger partial charge < -0.3 is 4.90 Å². The minimum atomic E-state index is -0.0917. The van der Waals surface area contributed by atoms with E-state index in [-0.39, 0.29) is 5.91 Å². The van der Waals surface area contributed by atoms with Gasteiger partial charge in [-0.05, 0) is 31.9 Å². The minimum absolute atomic E-state index is 0.0917. The number of hydrogen-bond donors (Lipinski definition) is 0. The van der Waals surface area contributed by atoms with Crippen LogP contribution in [-0.4, -0.2) is 32.3 Å². The van der Waals surface area contributed by atoms with Gasteiger partial charge in [0.25, 0.3) is 5.91 Å². The second kappa shape index (κ2) is 5.17. The standard InChI is InChI=1S/C15H15N5OS/c1-2-19(11-6-4-3-5-7-11)14(21)13-18-20-12(10-8-9-10)16-17-15(20)22-13/h3-7,10H,2,8-9H2,1H3. The van der Waals surface area contributed by atoms with Crippen molar-refractivity contribution in [2.75, 3.05) is 11.4 Å². The van der Waals surface area contributed by atoms with Gasteiger partial charge in [0.05, 0.1) is 0 Å². The quantitative estimate of drug-likeness (QED) is 0.743. The Morgan fingerprint density at radius 1 is 1.32 bits per heavy atom. The van der Waals surface area contributed by atoms with Crippen LogP contribution in [-0.2, 0) is 0 Å². The molecular weight excluding hydrogens is 298 g/mol. The predicted molar refractivity (Wildman–Crippen MR) is 84.4 cm³/mol. The first-order valence-corrected chi connectivity index (χ1v) is 8.18. The van der Waals surface area contributed by atoms with Gasteiger partial charge in [-0.3, -0.25) is 4.79 Å². The van der Waals surface area contributed by atoms with Crippen molar-refractivity contribution < 1.29 is 4.79 Å². The van der Waals surface area contributed by atoms with Crippen LogP contribution in [0.1, 0.15) is 41.3 Å². The first-order valence-electron chi connectivity index (χ1n) is 7.37. The van der Waals surface area contributed by atoms with Crippen LogP contribution < -0.4 is 4.90 Å². The van der Waals surface area contributed by atoms with Crippen LogP contribution in [0.5, 0.6) is 0 Å². The smallest absolute Gasteiger partial charge is 0.289 e. The van der Waals surface area contributed by atoms with Crippen molar-refractivity contribution in [2.45, 2.75) is 25.7 Å². The number of amides is 1. The van der Waals surface area contributed by atoms with Gasteiger partial charge >= 0.3 is 0 Å². The lowest BCUT2D eigenvalue weighted by atomic mass is 10.3. The minimum Gasteiger partial charge on any atom is -0.307 e. The SMILES string of the molecule is CCN(C(=O)c1nn2c(C3CC3)nnc2s1)c1ccccc1. The molecule has 0 N–H and O–H groups in total. The first-order chi connectivity index (χ1) is 10.8. The molecule has 0 aliphatic heterocycles. The lowest BCUT2D eigenvalue weighted by molar-refractivity contribution is 0.0987. The largest absolute Gasteiger partial charge is 0.307 e. The van der Waals surface area contributed by atoms with Crippen molar-refractivity contribution in [2.24, 2.45) is 0 Å². The molecule has 0 unspecified atom stereocenters. The van der Waals surface area contributed by atoms with E-state index in [9.17, 15) is 4.79 Å². The van der Waals surface area contributed by atoms with Gasteiger partial charge in [0.2, 0.25) is 9.97 Å². The van der Waals surface area contributed by atoms with Crippen LogP contribution in [0.4, 0.5) is 5.69 Å². The zero-order chi connectivity index (χ0) is 15.1. The number of carbonyl (C=O) groups is 1. The third-order valence-corrected chi connectivity index (χ3v) is 4.66. The predicted octanol–water partition coefficient (Wildman–Crippen LogP) is 2.73. The van der Waals surface area contributed by atoms with Gasteiger partial charge in [-0.25, -0.2) is 0 Å². The highest BCUT2D eigenvalue weighted by Crippen LogP contribution is 2.39. The molecule has 1 aliphatic rings. The normalized spacial score (nSPS) is 14.4. The molecule has 2 heterocycles. The molecule has 1 aliphatic carbocycles. The molecule has 0 atom stereocenters. The highest BCUT2D eigenvalue weighted by atomic mass is 32.1. The van der Waals surface area contributed by atoms with Gasteiger partial charge in [0.1, 0.15) is 0 Å². The molecule has 4 rings (SSSR count). The maximum atomic E-state index is 12.8. The zero-order valence-electron chi connectivity index (χ0n) is 12.1. The second-order valence-corrected chi connectivity index (χ2v) is 6.27. The van der Waals surface area contributed by atoms with E-state index in [1.54, 1.807) is 9.42 Å². The summed E-state index contributed by atoms with van der Waals surface area (Å²) in [5.41, 5.74) is 0.878. The van der Waals surface area contributed by atoms with Gasteiger partial charge in [-0.1, -0.05) is 29.5 Å². The maximum Gasteiger partial charge on any atom is 0.289 e. The molecule has 3 aromatic rings. The Morgan fingerprint density at radius 2 is 2.09 bits per heavy atom. The summed E-state index contributed by atoms with van der Waals surface area (Å²) in [6.07, 6.45) is 2.26. The van der Waals surface area contributed by atoms with Crippen LogP contribution in [0.3, 0.4) is 0 Å². The summed E-state index contributed by atoms with van der Waals surface area (Å²) in [6.45, 7) is 2.55. The summed E-state index contributed by atoms with van der Waals surface area (Å²) in [4.78, 5) is 15.2. The van der Waals surface area contributed by atoms with Crippen LogP contribution in [0.25, 0.3) is 4.96 Å².